The van der Waals surface area contributed by atoms with Gasteiger partial charge >= 0.3 is 0 Å². The number of rotatable bonds is 7. The highest BCUT2D eigenvalue weighted by atomic mass is 16.2. The van der Waals surface area contributed by atoms with E-state index in [1.54, 1.807) is 18.2 Å². The molecule has 0 atom stereocenters. The molecule has 4 N–H and O–H groups in total. The Bertz CT molecular complexity index is 464. The third kappa shape index (κ3) is 5.33. The summed E-state index contributed by atoms with van der Waals surface area (Å²) in [6.07, 6.45) is 0.910. The van der Waals surface area contributed by atoms with Crippen molar-refractivity contribution in [2.45, 2.75) is 19.9 Å². The molecule has 110 valence electrons. The Hall–Kier alpha value is -1.99. The molecule has 7 nitrogen and oxygen atoms in total. The molecule has 1 heterocycles. The van der Waals surface area contributed by atoms with Crippen LogP contribution in [0.5, 0.6) is 0 Å². The first-order valence-corrected chi connectivity index (χ1v) is 6.49. The number of nitrogens with one attached hydrogen (secondary N) is 2. The summed E-state index contributed by atoms with van der Waals surface area (Å²) in [5.74, 6) is 4.61. The van der Waals surface area contributed by atoms with Crippen LogP contribution in [-0.4, -0.2) is 41.8 Å². The van der Waals surface area contributed by atoms with Crippen LogP contribution in [0.2, 0.25) is 0 Å². The summed E-state index contributed by atoms with van der Waals surface area (Å²) >= 11 is 0. The van der Waals surface area contributed by atoms with Crippen molar-refractivity contribution in [2.24, 2.45) is 5.84 Å². The van der Waals surface area contributed by atoms with Crippen LogP contribution < -0.4 is 16.6 Å². The molecule has 0 saturated carbocycles. The van der Waals surface area contributed by atoms with Gasteiger partial charge in [0, 0.05) is 13.1 Å². The minimum Gasteiger partial charge on any atom is -0.355 e. The summed E-state index contributed by atoms with van der Waals surface area (Å²) in [4.78, 5) is 29.0. The number of nitrogens with zero attached hydrogens (tertiary/aromatic N) is 2. The first kappa shape index (κ1) is 16.1. The third-order valence-corrected chi connectivity index (χ3v) is 2.59. The Morgan fingerprint density at radius 2 is 2.15 bits per heavy atom. The monoisotopic (exact) mass is 279 g/mol. The Morgan fingerprint density at radius 1 is 1.40 bits per heavy atom. The summed E-state index contributed by atoms with van der Waals surface area (Å²) in [7, 11) is 1.82. The zero-order valence-electron chi connectivity index (χ0n) is 11.8. The lowest BCUT2D eigenvalue weighted by Gasteiger charge is -2.16. The summed E-state index contributed by atoms with van der Waals surface area (Å²) in [6.45, 7) is 3.44. The maximum absolute atomic E-state index is 11.6. The first-order chi connectivity index (χ1) is 9.56. The largest absolute Gasteiger partial charge is 0.355 e. The van der Waals surface area contributed by atoms with E-state index < -0.39 is 5.91 Å². The number of nitrogen functional groups attached to an aromatic ring is 1. The average molecular weight is 279 g/mol. The fraction of sp³-hybridized carbons (Fsp3) is 0.462. The van der Waals surface area contributed by atoms with E-state index in [9.17, 15) is 9.59 Å². The minimum absolute atomic E-state index is 0.0230. The molecule has 0 aliphatic rings. The smallest absolute Gasteiger partial charge is 0.283 e. The second-order valence-electron chi connectivity index (χ2n) is 4.51. The molecule has 0 spiro atoms. The van der Waals surface area contributed by atoms with Crippen molar-refractivity contribution >= 4 is 11.8 Å². The van der Waals surface area contributed by atoms with E-state index in [1.165, 1.54) is 0 Å². The van der Waals surface area contributed by atoms with Gasteiger partial charge in [0.2, 0.25) is 5.91 Å². The second kappa shape index (κ2) is 8.23. The van der Waals surface area contributed by atoms with Crippen LogP contribution in [0.15, 0.2) is 18.2 Å². The molecule has 1 rings (SSSR count). The van der Waals surface area contributed by atoms with E-state index in [0.717, 1.165) is 6.42 Å². The van der Waals surface area contributed by atoms with Crippen molar-refractivity contribution in [3.8, 4) is 0 Å². The fourth-order valence-corrected chi connectivity index (χ4v) is 1.67. The molecule has 1 aromatic rings. The van der Waals surface area contributed by atoms with Crippen LogP contribution in [0.3, 0.4) is 0 Å². The predicted molar refractivity (Wildman–Crippen MR) is 75.5 cm³/mol. The molecule has 0 aliphatic carbocycles. The van der Waals surface area contributed by atoms with Crippen molar-refractivity contribution in [3.05, 3.63) is 29.6 Å². The highest BCUT2D eigenvalue weighted by molar-refractivity contribution is 5.91. The first-order valence-electron chi connectivity index (χ1n) is 6.49. The second-order valence-corrected chi connectivity index (χ2v) is 4.51. The number of carbonyl (C=O) groups excluding carboxylic acids is 2. The number of carbonyl (C=O) groups is 2. The van der Waals surface area contributed by atoms with Crippen LogP contribution in [0, 0.1) is 0 Å². The van der Waals surface area contributed by atoms with Crippen molar-refractivity contribution in [1.29, 1.82) is 0 Å². The van der Waals surface area contributed by atoms with Gasteiger partial charge in [0.05, 0.1) is 12.2 Å². The predicted octanol–water partition coefficient (Wildman–Crippen LogP) is -0.357. The number of nitrogens with two attached hydrogens (primary N) is 1. The Kier molecular flexibility index (Phi) is 6.61. The summed E-state index contributed by atoms with van der Waals surface area (Å²) < 4.78 is 0. The molecule has 0 bridgehead atoms. The van der Waals surface area contributed by atoms with E-state index in [1.807, 2.05) is 24.3 Å². The maximum atomic E-state index is 11.6. The van der Waals surface area contributed by atoms with Crippen LogP contribution in [0.1, 0.15) is 29.5 Å². The van der Waals surface area contributed by atoms with E-state index >= 15 is 0 Å². The van der Waals surface area contributed by atoms with Gasteiger partial charge < -0.3 is 5.32 Å². The molecular weight excluding hydrogens is 258 g/mol. The number of pyridine rings is 1. The Labute approximate surface area is 118 Å². The quantitative estimate of drug-likeness (QED) is 0.359. The molecular formula is C13H21N5O2. The molecule has 0 unspecified atom stereocenters. The zero-order valence-corrected chi connectivity index (χ0v) is 11.8. The topological polar surface area (TPSA) is 100 Å². The molecule has 0 aromatic carbocycles. The molecule has 7 heteroatoms. The highest BCUT2D eigenvalue weighted by Gasteiger charge is 2.09. The van der Waals surface area contributed by atoms with Gasteiger partial charge in [-0.2, -0.15) is 0 Å². The zero-order chi connectivity index (χ0) is 15.0. The van der Waals surface area contributed by atoms with E-state index in [0.29, 0.717) is 18.8 Å². The summed E-state index contributed by atoms with van der Waals surface area (Å²) in [6, 6.07) is 5.12. The van der Waals surface area contributed by atoms with E-state index in [2.05, 4.69) is 10.3 Å². The number of hydrogen-bond donors (Lipinski definition) is 3. The minimum atomic E-state index is -0.435. The van der Waals surface area contributed by atoms with Gasteiger partial charge in [0.25, 0.3) is 5.91 Å². The molecule has 0 aliphatic heterocycles. The number of amides is 2. The van der Waals surface area contributed by atoms with Crippen molar-refractivity contribution in [3.63, 3.8) is 0 Å². The summed E-state index contributed by atoms with van der Waals surface area (Å²) in [5.41, 5.74) is 3.00. The van der Waals surface area contributed by atoms with Gasteiger partial charge in [-0.15, -0.1) is 0 Å². The third-order valence-electron chi connectivity index (χ3n) is 2.59. The number of likely N-dealkylation sites (N-methyl/N-ethyl adjacent to an activating group) is 1. The van der Waals surface area contributed by atoms with Crippen molar-refractivity contribution in [1.82, 2.24) is 20.6 Å². The lowest BCUT2D eigenvalue weighted by molar-refractivity contribution is -0.122. The van der Waals surface area contributed by atoms with Crippen LogP contribution in [-0.2, 0) is 11.3 Å². The number of hydrogen-bond acceptors (Lipinski definition) is 5. The molecule has 0 saturated heterocycles. The number of hydrazine groups is 1. The maximum Gasteiger partial charge on any atom is 0.283 e. The van der Waals surface area contributed by atoms with Crippen LogP contribution in [0.4, 0.5) is 0 Å². The molecule has 2 amide bonds. The summed E-state index contributed by atoms with van der Waals surface area (Å²) in [5, 5.41) is 2.81. The van der Waals surface area contributed by atoms with Gasteiger partial charge in [0.15, 0.2) is 0 Å². The van der Waals surface area contributed by atoms with Gasteiger partial charge in [-0.1, -0.05) is 13.0 Å². The van der Waals surface area contributed by atoms with E-state index in [4.69, 9.17) is 5.84 Å². The normalized spacial score (nSPS) is 10.4. The number of aromatic nitrogens is 1. The molecule has 0 radical (unpaired) electrons. The average Bonchev–Trinajstić information content (AvgIpc) is 2.44. The van der Waals surface area contributed by atoms with E-state index in [-0.39, 0.29) is 18.1 Å². The van der Waals surface area contributed by atoms with Gasteiger partial charge in [-0.3, -0.25) is 19.9 Å². The SMILES string of the molecule is CCCNC(=O)CN(C)Cc1cccc(C(=O)NN)n1. The molecule has 0 fully saturated rings. The van der Waals surface area contributed by atoms with Crippen molar-refractivity contribution < 1.29 is 9.59 Å². The fourth-order valence-electron chi connectivity index (χ4n) is 1.67. The van der Waals surface area contributed by atoms with Crippen molar-refractivity contribution in [2.75, 3.05) is 20.1 Å². The van der Waals surface area contributed by atoms with Gasteiger partial charge in [-0.05, 0) is 25.6 Å². The van der Waals surface area contributed by atoms with Gasteiger partial charge in [0.1, 0.15) is 5.69 Å². The highest BCUT2D eigenvalue weighted by Crippen LogP contribution is 2.02. The lowest BCUT2D eigenvalue weighted by atomic mass is 10.3. The Balaban J connectivity index is 2.55. The molecule has 1 aromatic heterocycles. The van der Waals surface area contributed by atoms with Gasteiger partial charge in [-0.25, -0.2) is 10.8 Å². The lowest BCUT2D eigenvalue weighted by Crippen LogP contribution is -2.35. The van der Waals surface area contributed by atoms with Crippen LogP contribution in [0.25, 0.3) is 0 Å². The standard InChI is InChI=1S/C13H21N5O2/c1-3-7-15-12(19)9-18(2)8-10-5-4-6-11(16-10)13(20)17-14/h4-6H,3,7-9,14H2,1-2H3,(H,15,19)(H,17,20). The van der Waals surface area contributed by atoms with Crippen LogP contribution >= 0.6 is 0 Å². The molecule has 20 heavy (non-hydrogen) atoms. The Morgan fingerprint density at radius 3 is 2.80 bits per heavy atom.